The van der Waals surface area contributed by atoms with Crippen LogP contribution in [0, 0.1) is 11.3 Å². The molecule has 6 heteroatoms. The molecule has 0 aliphatic carbocycles. The second-order valence-electron chi connectivity index (χ2n) is 8.64. The fraction of sp³-hybridized carbons (Fsp3) is 0.320. The zero-order valence-electron chi connectivity index (χ0n) is 18.2. The van der Waals surface area contributed by atoms with Crippen molar-refractivity contribution in [2.75, 3.05) is 31.2 Å². The van der Waals surface area contributed by atoms with Gasteiger partial charge in [0.05, 0.1) is 24.5 Å². The lowest BCUT2D eigenvalue weighted by Crippen LogP contribution is -2.38. The van der Waals surface area contributed by atoms with Crippen LogP contribution in [-0.4, -0.2) is 41.1 Å². The highest BCUT2D eigenvalue weighted by molar-refractivity contribution is 5.88. The van der Waals surface area contributed by atoms with Gasteiger partial charge in [-0.2, -0.15) is 5.26 Å². The zero-order chi connectivity index (χ0) is 21.8. The van der Waals surface area contributed by atoms with Gasteiger partial charge in [0.15, 0.2) is 5.82 Å². The van der Waals surface area contributed by atoms with Crippen molar-refractivity contribution in [1.82, 2.24) is 14.8 Å². The van der Waals surface area contributed by atoms with E-state index in [4.69, 9.17) is 4.74 Å². The Morgan fingerprint density at radius 1 is 1.00 bits per heavy atom. The summed E-state index contributed by atoms with van der Waals surface area (Å²) in [6.45, 7) is 9.35. The first-order valence-electron chi connectivity index (χ1n) is 10.5. The van der Waals surface area contributed by atoms with Gasteiger partial charge in [-0.3, -0.25) is 4.57 Å². The number of nitrogens with zero attached hydrogens (tertiary/aromatic N) is 5. The van der Waals surface area contributed by atoms with E-state index in [1.807, 2.05) is 53.1 Å². The quantitative estimate of drug-likeness (QED) is 0.591. The van der Waals surface area contributed by atoms with Crippen LogP contribution in [0.25, 0.3) is 17.3 Å². The predicted octanol–water partition coefficient (Wildman–Crippen LogP) is 4.47. The molecule has 2 heterocycles. The van der Waals surface area contributed by atoms with Gasteiger partial charge in [-0.15, -0.1) is 10.2 Å². The first-order valence-corrected chi connectivity index (χ1v) is 10.5. The van der Waals surface area contributed by atoms with E-state index in [0.29, 0.717) is 24.6 Å². The summed E-state index contributed by atoms with van der Waals surface area (Å²) in [6.07, 6.45) is 1.87. The molecule has 31 heavy (non-hydrogen) atoms. The molecular formula is C25H27N5O. The molecule has 0 amide bonds. The molecule has 0 atom stereocenters. The molecule has 0 unspecified atom stereocenters. The van der Waals surface area contributed by atoms with E-state index in [-0.39, 0.29) is 5.41 Å². The van der Waals surface area contributed by atoms with E-state index in [1.54, 1.807) is 0 Å². The molecule has 0 saturated carbocycles. The van der Waals surface area contributed by atoms with Gasteiger partial charge in [-0.25, -0.2) is 0 Å². The molecule has 1 aliphatic heterocycles. The Bertz CT molecular complexity index is 1100. The summed E-state index contributed by atoms with van der Waals surface area (Å²) in [5.74, 6) is 1.27. The first kappa shape index (κ1) is 20.8. The van der Waals surface area contributed by atoms with Crippen molar-refractivity contribution in [3.8, 4) is 11.8 Å². The molecule has 1 aliphatic rings. The zero-order valence-corrected chi connectivity index (χ0v) is 18.2. The number of para-hydroxylation sites is 1. The van der Waals surface area contributed by atoms with E-state index in [1.165, 1.54) is 5.56 Å². The molecule has 4 rings (SSSR count). The van der Waals surface area contributed by atoms with Crippen molar-refractivity contribution in [3.63, 3.8) is 0 Å². The van der Waals surface area contributed by atoms with Crippen molar-refractivity contribution in [2.45, 2.75) is 26.2 Å². The topological polar surface area (TPSA) is 67.0 Å². The van der Waals surface area contributed by atoms with Crippen molar-refractivity contribution >= 4 is 17.6 Å². The number of hydrogen-bond acceptors (Lipinski definition) is 5. The Morgan fingerprint density at radius 2 is 1.68 bits per heavy atom. The van der Waals surface area contributed by atoms with Gasteiger partial charge >= 0.3 is 0 Å². The smallest absolute Gasteiger partial charge is 0.232 e. The Kier molecular flexibility index (Phi) is 5.88. The maximum atomic E-state index is 9.98. The number of morpholine rings is 1. The molecule has 1 fully saturated rings. The van der Waals surface area contributed by atoms with Crippen LogP contribution in [0.1, 0.15) is 37.7 Å². The number of ether oxygens (including phenoxy) is 1. The Balaban J connectivity index is 1.77. The normalized spacial score (nSPS) is 15.0. The lowest BCUT2D eigenvalue weighted by molar-refractivity contribution is 0.122. The van der Waals surface area contributed by atoms with E-state index in [9.17, 15) is 5.26 Å². The lowest BCUT2D eigenvalue weighted by atomic mass is 9.86. The summed E-state index contributed by atoms with van der Waals surface area (Å²) in [5.41, 5.74) is 3.69. The third kappa shape index (κ3) is 4.52. The van der Waals surface area contributed by atoms with E-state index in [2.05, 4.69) is 54.1 Å². The molecule has 6 nitrogen and oxygen atoms in total. The van der Waals surface area contributed by atoms with Crippen LogP contribution in [0.3, 0.4) is 0 Å². The maximum Gasteiger partial charge on any atom is 0.232 e. The fourth-order valence-electron chi connectivity index (χ4n) is 3.63. The van der Waals surface area contributed by atoms with Gasteiger partial charge in [0.2, 0.25) is 5.95 Å². The van der Waals surface area contributed by atoms with E-state index in [0.717, 1.165) is 30.3 Å². The number of anilines is 1. The van der Waals surface area contributed by atoms with Crippen LogP contribution in [0.5, 0.6) is 0 Å². The van der Waals surface area contributed by atoms with E-state index >= 15 is 0 Å². The highest BCUT2D eigenvalue weighted by Crippen LogP contribution is 2.27. The van der Waals surface area contributed by atoms with Gasteiger partial charge in [0, 0.05) is 13.1 Å². The van der Waals surface area contributed by atoms with Crippen LogP contribution in [0.2, 0.25) is 0 Å². The average Bonchev–Trinajstić information content (AvgIpc) is 3.23. The number of hydrogen-bond donors (Lipinski definition) is 0. The van der Waals surface area contributed by atoms with Gasteiger partial charge in [-0.05, 0) is 34.8 Å². The fourth-order valence-corrected chi connectivity index (χ4v) is 3.63. The summed E-state index contributed by atoms with van der Waals surface area (Å²) >= 11 is 0. The lowest BCUT2D eigenvalue weighted by Gasteiger charge is -2.28. The molecule has 0 spiro atoms. The highest BCUT2D eigenvalue weighted by Gasteiger charge is 2.23. The average molecular weight is 414 g/mol. The minimum Gasteiger partial charge on any atom is -0.378 e. The predicted molar refractivity (Wildman–Crippen MR) is 123 cm³/mol. The third-order valence-electron chi connectivity index (χ3n) is 5.40. The number of rotatable bonds is 4. The van der Waals surface area contributed by atoms with Crippen LogP contribution >= 0.6 is 0 Å². The van der Waals surface area contributed by atoms with Gasteiger partial charge in [0.1, 0.15) is 6.07 Å². The largest absolute Gasteiger partial charge is 0.378 e. The first-order chi connectivity index (χ1) is 15.0. The van der Waals surface area contributed by atoms with Crippen molar-refractivity contribution in [3.05, 3.63) is 71.5 Å². The summed E-state index contributed by atoms with van der Waals surface area (Å²) in [6, 6.07) is 20.6. The maximum absolute atomic E-state index is 9.98. The minimum absolute atomic E-state index is 0.0842. The molecule has 1 saturated heterocycles. The molecule has 3 aromatic rings. The van der Waals surface area contributed by atoms with Crippen molar-refractivity contribution in [2.24, 2.45) is 0 Å². The van der Waals surface area contributed by atoms with Gasteiger partial charge < -0.3 is 9.64 Å². The Morgan fingerprint density at radius 3 is 2.29 bits per heavy atom. The second-order valence-corrected chi connectivity index (χ2v) is 8.64. The van der Waals surface area contributed by atoms with Crippen LogP contribution in [-0.2, 0) is 10.2 Å². The van der Waals surface area contributed by atoms with Crippen LogP contribution < -0.4 is 4.90 Å². The summed E-state index contributed by atoms with van der Waals surface area (Å²) in [5, 5.41) is 18.9. The number of benzene rings is 2. The number of aromatic nitrogens is 3. The summed E-state index contributed by atoms with van der Waals surface area (Å²) in [4.78, 5) is 2.15. The minimum atomic E-state index is 0.0842. The summed E-state index contributed by atoms with van der Waals surface area (Å²) < 4.78 is 7.45. The number of allylic oxidation sites excluding steroid dienone is 1. The number of nitriles is 1. The third-order valence-corrected chi connectivity index (χ3v) is 5.40. The highest BCUT2D eigenvalue weighted by atomic mass is 16.5. The van der Waals surface area contributed by atoms with Crippen LogP contribution in [0.15, 0.2) is 54.6 Å². The monoisotopic (exact) mass is 413 g/mol. The molecular weight excluding hydrogens is 386 g/mol. The Hall–Kier alpha value is -3.43. The molecule has 158 valence electrons. The van der Waals surface area contributed by atoms with Crippen molar-refractivity contribution < 1.29 is 4.74 Å². The SMILES string of the molecule is CC(C)(C)c1ccc(/C=C(\C#N)c2nnc(N3CCOCC3)n2-c2ccccc2)cc1. The van der Waals surface area contributed by atoms with Gasteiger partial charge in [0.25, 0.3) is 0 Å². The molecule has 0 bridgehead atoms. The Labute approximate surface area is 183 Å². The second kappa shape index (κ2) is 8.75. The van der Waals surface area contributed by atoms with Gasteiger partial charge in [-0.1, -0.05) is 63.2 Å². The van der Waals surface area contributed by atoms with Crippen molar-refractivity contribution in [1.29, 1.82) is 5.26 Å². The molecule has 0 N–H and O–H groups in total. The summed E-state index contributed by atoms with van der Waals surface area (Å²) in [7, 11) is 0. The molecule has 0 radical (unpaired) electrons. The molecule has 1 aromatic heterocycles. The van der Waals surface area contributed by atoms with Crippen LogP contribution in [0.4, 0.5) is 5.95 Å². The standard InChI is InChI=1S/C25H27N5O/c1-25(2,3)21-11-9-19(10-12-21)17-20(18-26)23-27-28-24(29-13-15-31-16-14-29)30(23)22-7-5-4-6-8-22/h4-12,17H,13-16H2,1-3H3/b20-17+. The molecule has 2 aromatic carbocycles. The van der Waals surface area contributed by atoms with E-state index < -0.39 is 0 Å².